The van der Waals surface area contributed by atoms with Crippen molar-refractivity contribution in [2.45, 2.75) is 102 Å². The van der Waals surface area contributed by atoms with E-state index in [0.29, 0.717) is 0 Å². The van der Waals surface area contributed by atoms with Crippen LogP contribution in [0.3, 0.4) is 0 Å². The second-order valence-corrected chi connectivity index (χ2v) is 11.4. The van der Waals surface area contributed by atoms with E-state index in [0.717, 1.165) is 16.7 Å². The molecule has 2 N–H and O–H groups in total. The molecule has 0 saturated carbocycles. The Morgan fingerprint density at radius 1 is 0.622 bits per heavy atom. The molecule has 3 aromatic carbocycles. The van der Waals surface area contributed by atoms with Gasteiger partial charge in [-0.2, -0.15) is 0 Å². The summed E-state index contributed by atoms with van der Waals surface area (Å²) in [5, 5.41) is 22.5. The van der Waals surface area contributed by atoms with Gasteiger partial charge >= 0.3 is 5.97 Å². The number of carbonyl (C=O) groups is 1. The van der Waals surface area contributed by atoms with E-state index >= 15 is 0 Å². The fraction of sp³-hybridized carbons (Fsp3) is 0.457. The lowest BCUT2D eigenvalue weighted by atomic mass is 9.96. The zero-order valence-corrected chi connectivity index (χ0v) is 25.7. The molecule has 10 heteroatoms. The summed E-state index contributed by atoms with van der Waals surface area (Å²) in [7, 11) is 0. The second-order valence-electron chi connectivity index (χ2n) is 11.4. The van der Waals surface area contributed by atoms with Crippen molar-refractivity contribution in [2.75, 3.05) is 0 Å². The Hall–Kier alpha value is -3.19. The summed E-state index contributed by atoms with van der Waals surface area (Å²) < 4.78 is 42.7. The fourth-order valence-electron chi connectivity index (χ4n) is 5.67. The van der Waals surface area contributed by atoms with Crippen molar-refractivity contribution < 1.29 is 48.2 Å². The molecule has 45 heavy (non-hydrogen) atoms. The van der Waals surface area contributed by atoms with Gasteiger partial charge in [-0.15, -0.1) is 0 Å². The number of esters is 1. The first-order valence-corrected chi connectivity index (χ1v) is 15.3. The molecule has 0 aliphatic carbocycles. The predicted octanol–water partition coefficient (Wildman–Crippen LogP) is 3.90. The zero-order valence-electron chi connectivity index (χ0n) is 25.7. The normalized spacial score (nSPS) is 31.8. The van der Waals surface area contributed by atoms with Gasteiger partial charge in [-0.05, 0) is 30.5 Å². The van der Waals surface area contributed by atoms with Crippen LogP contribution in [-0.4, -0.2) is 77.6 Å². The van der Waals surface area contributed by atoms with Crippen LogP contribution in [0.2, 0.25) is 0 Å². The minimum atomic E-state index is -1.49. The van der Waals surface area contributed by atoms with Crippen LogP contribution in [0.5, 0.6) is 0 Å². The van der Waals surface area contributed by atoms with E-state index in [9.17, 15) is 15.0 Å². The van der Waals surface area contributed by atoms with Gasteiger partial charge in [0.15, 0.2) is 18.7 Å². The van der Waals surface area contributed by atoms with Gasteiger partial charge < -0.3 is 43.4 Å². The van der Waals surface area contributed by atoms with Crippen molar-refractivity contribution in [3.8, 4) is 0 Å². The predicted molar refractivity (Wildman–Crippen MR) is 162 cm³/mol. The van der Waals surface area contributed by atoms with Crippen molar-refractivity contribution >= 4 is 5.97 Å². The quantitative estimate of drug-likeness (QED) is 0.288. The Morgan fingerprint density at radius 2 is 1.04 bits per heavy atom. The van der Waals surface area contributed by atoms with Gasteiger partial charge in [0.2, 0.25) is 0 Å². The van der Waals surface area contributed by atoms with Crippen LogP contribution in [0.15, 0.2) is 91.0 Å². The van der Waals surface area contributed by atoms with E-state index in [1.54, 1.807) is 6.92 Å². The van der Waals surface area contributed by atoms with Gasteiger partial charge in [0.1, 0.15) is 30.5 Å². The molecule has 242 valence electrons. The van der Waals surface area contributed by atoms with Gasteiger partial charge in [-0.3, -0.25) is 4.79 Å². The summed E-state index contributed by atoms with van der Waals surface area (Å²) in [5.41, 5.74) is 2.80. The van der Waals surface area contributed by atoms with Gasteiger partial charge in [0, 0.05) is 6.92 Å². The maximum absolute atomic E-state index is 12.1. The number of ether oxygens (including phenoxy) is 7. The van der Waals surface area contributed by atoms with Crippen LogP contribution >= 0.6 is 0 Å². The van der Waals surface area contributed by atoms with Crippen LogP contribution < -0.4 is 0 Å². The Morgan fingerprint density at radius 3 is 1.51 bits per heavy atom. The third kappa shape index (κ3) is 8.75. The Labute approximate surface area is 263 Å². The van der Waals surface area contributed by atoms with Gasteiger partial charge in [-0.25, -0.2) is 0 Å². The maximum Gasteiger partial charge on any atom is 0.303 e. The van der Waals surface area contributed by atoms with Crippen LogP contribution in [0.4, 0.5) is 0 Å². The lowest BCUT2D eigenvalue weighted by molar-refractivity contribution is -0.360. The van der Waals surface area contributed by atoms with Gasteiger partial charge in [-0.1, -0.05) is 91.0 Å². The van der Waals surface area contributed by atoms with E-state index in [1.807, 2.05) is 97.9 Å². The molecule has 0 amide bonds. The highest BCUT2D eigenvalue weighted by atomic mass is 16.7. The molecule has 2 fully saturated rings. The van der Waals surface area contributed by atoms with Crippen molar-refractivity contribution in [1.82, 2.24) is 0 Å². The number of hydrogen-bond acceptors (Lipinski definition) is 10. The summed E-state index contributed by atoms with van der Waals surface area (Å²) in [5.74, 6) is -0.635. The number of carbonyl (C=O) groups excluding carboxylic acids is 1. The van der Waals surface area contributed by atoms with Crippen LogP contribution in [0.25, 0.3) is 0 Å². The molecular formula is C35H42O10. The molecular weight excluding hydrogens is 580 g/mol. The average Bonchev–Trinajstić information content (AvgIpc) is 3.04. The summed E-state index contributed by atoms with van der Waals surface area (Å²) in [4.78, 5) is 12.1. The minimum Gasteiger partial charge on any atom is -0.454 e. The molecule has 2 aliphatic rings. The lowest BCUT2D eigenvalue weighted by Crippen LogP contribution is -2.64. The number of rotatable bonds is 12. The first kappa shape index (κ1) is 33.2. The second kappa shape index (κ2) is 15.9. The molecule has 0 radical (unpaired) electrons. The van der Waals surface area contributed by atoms with Crippen LogP contribution in [0, 0.1) is 0 Å². The zero-order chi connectivity index (χ0) is 31.8. The maximum atomic E-state index is 12.1. The van der Waals surface area contributed by atoms with Gasteiger partial charge in [0.25, 0.3) is 0 Å². The fourth-order valence-corrected chi connectivity index (χ4v) is 5.67. The molecule has 2 heterocycles. The molecule has 0 bridgehead atoms. The number of hydrogen-bond donors (Lipinski definition) is 2. The highest BCUT2D eigenvalue weighted by Gasteiger charge is 2.52. The molecule has 5 rings (SSSR count). The highest BCUT2D eigenvalue weighted by molar-refractivity contribution is 5.66. The van der Waals surface area contributed by atoms with E-state index in [2.05, 4.69) is 0 Å². The monoisotopic (exact) mass is 622 g/mol. The molecule has 2 aliphatic heterocycles. The Kier molecular flexibility index (Phi) is 11.7. The summed E-state index contributed by atoms with van der Waals surface area (Å²) in [6, 6.07) is 28.9. The first-order chi connectivity index (χ1) is 21.8. The molecule has 3 aromatic rings. The average molecular weight is 623 g/mol. The highest BCUT2D eigenvalue weighted by Crippen LogP contribution is 2.34. The largest absolute Gasteiger partial charge is 0.454 e. The molecule has 0 spiro atoms. The smallest absolute Gasteiger partial charge is 0.303 e. The molecule has 2 saturated heterocycles. The lowest BCUT2D eigenvalue weighted by Gasteiger charge is -2.47. The number of aliphatic hydroxyl groups is 2. The van der Waals surface area contributed by atoms with E-state index in [-0.39, 0.29) is 19.8 Å². The van der Waals surface area contributed by atoms with Crippen molar-refractivity contribution in [3.63, 3.8) is 0 Å². The topological polar surface area (TPSA) is 122 Å². The number of benzene rings is 3. The third-order valence-electron chi connectivity index (χ3n) is 7.95. The van der Waals surface area contributed by atoms with Crippen LogP contribution in [0.1, 0.15) is 37.5 Å². The van der Waals surface area contributed by atoms with Crippen molar-refractivity contribution in [3.05, 3.63) is 108 Å². The van der Waals surface area contributed by atoms with E-state index in [1.165, 1.54) is 6.92 Å². The molecule has 10 atom stereocenters. The van der Waals surface area contributed by atoms with E-state index < -0.39 is 67.4 Å². The standard InChI is InChI=1S/C35H42O10/c1-22-30(40-20-26-15-9-5-10-16-26)32(33(34(38)42-22)44-24(3)36)45-35-28(37)31(41-21-27-17-11-6-12-18-27)29(23(2)43-35)39-19-25-13-7-4-8-14-25/h4-18,22-23,28-35,37-38H,19-21H2,1-3H3/t22-,23-,28+,29-,30-,31-,32+,33+,34+,35-/m0/s1. The SMILES string of the molecule is CC(=O)O[C@@H]1[C@H](O[C@@H]2O[C@@H](C)[C@H](OCc3ccccc3)[C@@H](OCc3ccccc3)[C@H]2O)[C@@H](OCc2ccccc2)[C@H](C)O[C@H]1O. The molecule has 0 aromatic heterocycles. The first-order valence-electron chi connectivity index (χ1n) is 15.3. The minimum absolute atomic E-state index is 0.213. The van der Waals surface area contributed by atoms with Gasteiger partial charge in [0.05, 0.1) is 32.0 Å². The van der Waals surface area contributed by atoms with Crippen molar-refractivity contribution in [1.29, 1.82) is 0 Å². The summed E-state index contributed by atoms with van der Waals surface area (Å²) >= 11 is 0. The number of aliphatic hydroxyl groups excluding tert-OH is 2. The summed E-state index contributed by atoms with van der Waals surface area (Å²) in [6.07, 6.45) is -9.84. The third-order valence-corrected chi connectivity index (χ3v) is 7.95. The molecule has 10 nitrogen and oxygen atoms in total. The Bertz CT molecular complexity index is 1310. The molecule has 0 unspecified atom stereocenters. The van der Waals surface area contributed by atoms with E-state index in [4.69, 9.17) is 33.2 Å². The summed E-state index contributed by atoms with van der Waals surface area (Å²) in [6.45, 7) is 5.52. The van der Waals surface area contributed by atoms with Crippen LogP contribution in [-0.2, 0) is 57.8 Å². The van der Waals surface area contributed by atoms with Crippen molar-refractivity contribution in [2.24, 2.45) is 0 Å². The Balaban J connectivity index is 1.38.